The second-order valence-electron chi connectivity index (χ2n) is 9.72. The van der Waals surface area contributed by atoms with Crippen molar-refractivity contribution in [1.29, 1.82) is 0 Å². The molecule has 3 aromatic carbocycles. The van der Waals surface area contributed by atoms with Crippen LogP contribution in [0.1, 0.15) is 43.4 Å². The number of carbonyl (C=O) groups excluding carboxylic acids is 1. The minimum Gasteiger partial charge on any atom is -0.494 e. The van der Waals surface area contributed by atoms with Crippen LogP contribution in [-0.2, 0) is 19.4 Å². The second-order valence-corrected chi connectivity index (χ2v) is 12.7. The quantitative estimate of drug-likeness (QED) is 0.170. The summed E-state index contributed by atoms with van der Waals surface area (Å²) in [6.45, 7) is 2.82. The average Bonchev–Trinajstić information content (AvgIpc) is 3.38. The lowest BCUT2D eigenvalue weighted by molar-refractivity contribution is -0.130. The van der Waals surface area contributed by atoms with Gasteiger partial charge in [0.05, 0.1) is 17.3 Å². The molecule has 0 unspecified atom stereocenters. The SMILES string of the molecule is CCCNNC(=O)[C@@]1(CCS(=O)(=O)c2ccccc2)N=C(c2ccc(OCCCO)cc2)O[C@H]1c1ccc(Cl)cc1Cl. The van der Waals surface area contributed by atoms with E-state index in [9.17, 15) is 13.2 Å². The number of aliphatic imine (C=N–C) groups is 1. The van der Waals surface area contributed by atoms with Crippen LogP contribution in [0, 0.1) is 0 Å². The number of hydrogen-bond acceptors (Lipinski definition) is 8. The predicted molar refractivity (Wildman–Crippen MR) is 163 cm³/mol. The molecule has 0 saturated carbocycles. The van der Waals surface area contributed by atoms with Crippen molar-refractivity contribution >= 4 is 44.8 Å². The summed E-state index contributed by atoms with van der Waals surface area (Å²) >= 11 is 12.8. The number of benzene rings is 3. The topological polar surface area (TPSA) is 126 Å². The first-order chi connectivity index (χ1) is 20.2. The van der Waals surface area contributed by atoms with Crippen molar-refractivity contribution in [2.75, 3.05) is 25.5 Å². The largest absolute Gasteiger partial charge is 0.494 e. The number of nitrogens with zero attached hydrogens (tertiary/aromatic N) is 1. The maximum atomic E-state index is 14.0. The number of carbonyl (C=O) groups is 1. The van der Waals surface area contributed by atoms with E-state index < -0.39 is 27.4 Å². The lowest BCUT2D eigenvalue weighted by Crippen LogP contribution is -2.53. The number of aliphatic hydroxyl groups is 1. The molecule has 1 aliphatic heterocycles. The van der Waals surface area contributed by atoms with Crippen molar-refractivity contribution in [3.8, 4) is 5.75 Å². The molecule has 1 amide bonds. The molecular weight excluding hydrogens is 601 g/mol. The van der Waals surface area contributed by atoms with Gasteiger partial charge in [0.2, 0.25) is 5.90 Å². The van der Waals surface area contributed by atoms with Gasteiger partial charge in [-0.05, 0) is 55.0 Å². The van der Waals surface area contributed by atoms with Crippen LogP contribution in [0.2, 0.25) is 10.0 Å². The first-order valence-corrected chi connectivity index (χ1v) is 16.0. The molecule has 1 heterocycles. The fourth-order valence-corrected chi connectivity index (χ4v) is 6.37. The third kappa shape index (κ3) is 7.43. The number of amides is 1. The highest BCUT2D eigenvalue weighted by Crippen LogP contribution is 2.45. The van der Waals surface area contributed by atoms with Gasteiger partial charge in [0, 0.05) is 47.2 Å². The number of sulfone groups is 1. The summed E-state index contributed by atoms with van der Waals surface area (Å²) in [6.07, 6.45) is -0.0114. The average molecular weight is 635 g/mol. The molecule has 2 atom stereocenters. The molecule has 0 aliphatic carbocycles. The molecule has 224 valence electrons. The number of halogens is 2. The van der Waals surface area contributed by atoms with E-state index >= 15 is 0 Å². The van der Waals surface area contributed by atoms with Gasteiger partial charge in [-0.3, -0.25) is 10.2 Å². The van der Waals surface area contributed by atoms with E-state index in [4.69, 9.17) is 42.8 Å². The van der Waals surface area contributed by atoms with Crippen LogP contribution >= 0.6 is 23.2 Å². The van der Waals surface area contributed by atoms with Gasteiger partial charge in [0.15, 0.2) is 21.5 Å². The Kier molecular flexibility index (Phi) is 10.9. The van der Waals surface area contributed by atoms with E-state index in [2.05, 4.69) is 10.9 Å². The zero-order valence-electron chi connectivity index (χ0n) is 23.1. The van der Waals surface area contributed by atoms with Gasteiger partial charge >= 0.3 is 0 Å². The smallest absolute Gasteiger partial charge is 0.266 e. The molecule has 3 aromatic rings. The number of hydrazine groups is 1. The Morgan fingerprint density at radius 2 is 1.83 bits per heavy atom. The van der Waals surface area contributed by atoms with Crippen molar-refractivity contribution in [3.63, 3.8) is 0 Å². The van der Waals surface area contributed by atoms with E-state index in [1.54, 1.807) is 54.6 Å². The van der Waals surface area contributed by atoms with Crippen molar-refractivity contribution in [2.24, 2.45) is 4.99 Å². The standard InChI is InChI=1S/C30H33Cl2N3O6S/c1-2-16-33-35-29(37)30(15-19-42(38,39)24-7-4-3-5-8-24)27(25-14-11-22(31)20-26(25)32)41-28(34-30)21-9-12-23(13-10-21)40-18-6-17-36/h3-5,7-14,20,27,33,36H,2,6,15-19H2,1H3,(H,35,37)/t27-,30-/m0/s1. The number of hydrogen-bond donors (Lipinski definition) is 3. The number of aliphatic hydroxyl groups excluding tert-OH is 1. The number of nitrogens with one attached hydrogen (secondary N) is 2. The highest BCUT2D eigenvalue weighted by Gasteiger charge is 2.54. The van der Waals surface area contributed by atoms with Crippen LogP contribution in [0.3, 0.4) is 0 Å². The highest BCUT2D eigenvalue weighted by atomic mass is 35.5. The van der Waals surface area contributed by atoms with Crippen LogP contribution in [0.25, 0.3) is 0 Å². The van der Waals surface area contributed by atoms with Gasteiger partial charge in [-0.15, -0.1) is 0 Å². The Balaban J connectivity index is 1.77. The molecule has 0 radical (unpaired) electrons. The Labute approximate surface area is 255 Å². The fraction of sp³-hybridized carbons (Fsp3) is 0.333. The Hall–Kier alpha value is -3.15. The summed E-state index contributed by atoms with van der Waals surface area (Å²) in [5.74, 6) is -0.202. The van der Waals surface area contributed by atoms with Crippen molar-refractivity contribution in [3.05, 3.63) is 94.0 Å². The molecule has 12 heteroatoms. The van der Waals surface area contributed by atoms with Crippen LogP contribution in [0.15, 0.2) is 82.7 Å². The summed E-state index contributed by atoms with van der Waals surface area (Å²) in [5, 5.41) is 9.65. The van der Waals surface area contributed by atoms with E-state index in [-0.39, 0.29) is 34.6 Å². The van der Waals surface area contributed by atoms with Gasteiger partial charge in [-0.25, -0.2) is 18.8 Å². The van der Waals surface area contributed by atoms with Gasteiger partial charge in [0.1, 0.15) is 5.75 Å². The van der Waals surface area contributed by atoms with Gasteiger partial charge in [0.25, 0.3) is 5.91 Å². The third-order valence-electron chi connectivity index (χ3n) is 6.71. The van der Waals surface area contributed by atoms with Gasteiger partial charge < -0.3 is 14.6 Å². The maximum absolute atomic E-state index is 14.0. The molecular formula is C30H33Cl2N3O6S. The predicted octanol–water partition coefficient (Wildman–Crippen LogP) is 4.91. The molecule has 0 bridgehead atoms. The minimum atomic E-state index is -3.78. The van der Waals surface area contributed by atoms with E-state index in [0.29, 0.717) is 41.5 Å². The second kappa shape index (κ2) is 14.3. The van der Waals surface area contributed by atoms with Crippen LogP contribution in [0.5, 0.6) is 5.75 Å². The van der Waals surface area contributed by atoms with Crippen LogP contribution in [0.4, 0.5) is 0 Å². The van der Waals surface area contributed by atoms with Crippen LogP contribution < -0.4 is 15.6 Å². The molecule has 0 saturated heterocycles. The summed E-state index contributed by atoms with van der Waals surface area (Å²) in [6, 6.07) is 19.8. The molecule has 9 nitrogen and oxygen atoms in total. The van der Waals surface area contributed by atoms with E-state index in [0.717, 1.165) is 6.42 Å². The fourth-order valence-electron chi connectivity index (χ4n) is 4.47. The molecule has 0 spiro atoms. The van der Waals surface area contributed by atoms with Gasteiger partial charge in [-0.2, -0.15) is 0 Å². The Morgan fingerprint density at radius 1 is 1.10 bits per heavy atom. The lowest BCUT2D eigenvalue weighted by atomic mass is 9.85. The molecule has 0 aromatic heterocycles. The minimum absolute atomic E-state index is 0.0224. The van der Waals surface area contributed by atoms with Crippen molar-refractivity contribution < 1.29 is 27.8 Å². The third-order valence-corrected chi connectivity index (χ3v) is 9.00. The summed E-state index contributed by atoms with van der Waals surface area (Å²) in [5.41, 5.74) is 4.88. The van der Waals surface area contributed by atoms with Crippen LogP contribution in [-0.4, -0.2) is 56.4 Å². The lowest BCUT2D eigenvalue weighted by Gasteiger charge is -2.31. The summed E-state index contributed by atoms with van der Waals surface area (Å²) < 4.78 is 38.7. The van der Waals surface area contributed by atoms with E-state index in [1.807, 2.05) is 6.92 Å². The Morgan fingerprint density at radius 3 is 2.50 bits per heavy atom. The first-order valence-electron chi connectivity index (χ1n) is 13.6. The molecule has 4 rings (SSSR count). The summed E-state index contributed by atoms with van der Waals surface area (Å²) in [4.78, 5) is 18.9. The van der Waals surface area contributed by atoms with Gasteiger partial charge in [-0.1, -0.05) is 54.4 Å². The van der Waals surface area contributed by atoms with E-state index in [1.165, 1.54) is 18.2 Å². The molecule has 3 N–H and O–H groups in total. The van der Waals surface area contributed by atoms with Crippen molar-refractivity contribution in [1.82, 2.24) is 10.9 Å². The Bertz CT molecular complexity index is 1500. The zero-order valence-corrected chi connectivity index (χ0v) is 25.4. The molecule has 1 aliphatic rings. The normalized spacial score (nSPS) is 18.3. The van der Waals surface area contributed by atoms with Crippen molar-refractivity contribution in [2.45, 2.75) is 42.7 Å². The monoisotopic (exact) mass is 633 g/mol. The first kappa shape index (κ1) is 31.8. The summed E-state index contributed by atoms with van der Waals surface area (Å²) in [7, 11) is -3.78. The number of ether oxygens (including phenoxy) is 2. The molecule has 0 fully saturated rings. The highest BCUT2D eigenvalue weighted by molar-refractivity contribution is 7.91. The molecule has 42 heavy (non-hydrogen) atoms. The maximum Gasteiger partial charge on any atom is 0.266 e. The number of rotatable bonds is 14. The zero-order chi connectivity index (χ0) is 30.2.